The van der Waals surface area contributed by atoms with Gasteiger partial charge in [-0.3, -0.25) is 4.79 Å². The first-order chi connectivity index (χ1) is 9.25. The summed E-state index contributed by atoms with van der Waals surface area (Å²) in [6.07, 6.45) is 1.77. The van der Waals surface area contributed by atoms with Crippen molar-refractivity contribution in [1.82, 2.24) is 4.90 Å². The zero-order valence-corrected chi connectivity index (χ0v) is 11.0. The van der Waals surface area contributed by atoms with E-state index in [9.17, 15) is 4.79 Å². The number of carbonyl (C=O) groups excluding carboxylic acids is 1. The Bertz CT molecular complexity index is 443. The van der Waals surface area contributed by atoms with Crippen LogP contribution >= 0.6 is 0 Å². The van der Waals surface area contributed by atoms with E-state index in [2.05, 4.69) is 0 Å². The summed E-state index contributed by atoms with van der Waals surface area (Å²) in [6.45, 7) is 2.12. The third-order valence-electron chi connectivity index (χ3n) is 3.99. The van der Waals surface area contributed by atoms with Crippen LogP contribution in [0.2, 0.25) is 0 Å². The Kier molecular flexibility index (Phi) is 3.53. The summed E-state index contributed by atoms with van der Waals surface area (Å²) in [5.74, 6) is 0.152. The molecular formula is C15H20N2O2. The van der Waals surface area contributed by atoms with Crippen molar-refractivity contribution in [3.05, 3.63) is 35.9 Å². The maximum Gasteiger partial charge on any atom is 0.228 e. The van der Waals surface area contributed by atoms with Crippen molar-refractivity contribution in [3.8, 4) is 0 Å². The first kappa shape index (κ1) is 12.6. The van der Waals surface area contributed by atoms with Crippen molar-refractivity contribution in [2.45, 2.75) is 25.0 Å². The van der Waals surface area contributed by atoms with E-state index < -0.39 is 0 Å². The van der Waals surface area contributed by atoms with Crippen molar-refractivity contribution >= 4 is 5.91 Å². The Morgan fingerprint density at radius 2 is 2.00 bits per heavy atom. The molecule has 2 aliphatic rings. The molecule has 2 unspecified atom stereocenters. The van der Waals surface area contributed by atoms with Crippen LogP contribution in [0.25, 0.3) is 0 Å². The van der Waals surface area contributed by atoms with Crippen molar-refractivity contribution in [2.24, 2.45) is 11.7 Å². The third-order valence-corrected chi connectivity index (χ3v) is 3.99. The normalized spacial score (nSPS) is 27.9. The number of amides is 1. The minimum absolute atomic E-state index is 0.0522. The van der Waals surface area contributed by atoms with Crippen molar-refractivity contribution in [1.29, 1.82) is 0 Å². The number of hydrogen-bond acceptors (Lipinski definition) is 3. The van der Waals surface area contributed by atoms with E-state index in [0.29, 0.717) is 13.1 Å². The Labute approximate surface area is 113 Å². The van der Waals surface area contributed by atoms with Crippen LogP contribution < -0.4 is 5.73 Å². The molecule has 2 heterocycles. The molecule has 0 saturated carbocycles. The Balaban J connectivity index is 1.76. The molecule has 2 aliphatic heterocycles. The van der Waals surface area contributed by atoms with Gasteiger partial charge in [-0.1, -0.05) is 30.3 Å². The van der Waals surface area contributed by atoms with Gasteiger partial charge in [0.15, 0.2) is 0 Å². The van der Waals surface area contributed by atoms with Gasteiger partial charge in [0, 0.05) is 25.7 Å². The van der Waals surface area contributed by atoms with Crippen LogP contribution in [0.15, 0.2) is 30.3 Å². The molecule has 1 amide bonds. The molecule has 4 nitrogen and oxygen atoms in total. The van der Waals surface area contributed by atoms with Crippen molar-refractivity contribution in [3.63, 3.8) is 0 Å². The summed E-state index contributed by atoms with van der Waals surface area (Å²) in [4.78, 5) is 14.4. The highest BCUT2D eigenvalue weighted by atomic mass is 16.5. The minimum Gasteiger partial charge on any atom is -0.373 e. The molecule has 1 aromatic rings. The van der Waals surface area contributed by atoms with E-state index in [0.717, 1.165) is 25.0 Å². The standard InChI is InChI=1S/C15H20N2O2/c16-12-9-17(10-12)15(18)13-7-4-8-19-14(13)11-5-2-1-3-6-11/h1-3,5-6,12-14H,4,7-10,16H2. The highest BCUT2D eigenvalue weighted by Gasteiger charge is 2.38. The van der Waals surface area contributed by atoms with E-state index in [1.54, 1.807) is 0 Å². The van der Waals surface area contributed by atoms with Crippen LogP contribution in [-0.4, -0.2) is 36.5 Å². The molecule has 2 fully saturated rings. The fraction of sp³-hybridized carbons (Fsp3) is 0.533. The van der Waals surface area contributed by atoms with Gasteiger partial charge in [0.05, 0.1) is 12.0 Å². The van der Waals surface area contributed by atoms with Crippen LogP contribution in [0.4, 0.5) is 0 Å². The van der Waals surface area contributed by atoms with Crippen LogP contribution in [0, 0.1) is 5.92 Å². The quantitative estimate of drug-likeness (QED) is 0.872. The molecule has 1 aromatic carbocycles. The van der Waals surface area contributed by atoms with Crippen LogP contribution in [0.3, 0.4) is 0 Å². The molecule has 0 radical (unpaired) electrons. The van der Waals surface area contributed by atoms with Crippen molar-refractivity contribution in [2.75, 3.05) is 19.7 Å². The molecule has 102 valence electrons. The second kappa shape index (κ2) is 5.31. The fourth-order valence-corrected chi connectivity index (χ4v) is 2.93. The minimum atomic E-state index is -0.0979. The smallest absolute Gasteiger partial charge is 0.228 e. The second-order valence-electron chi connectivity index (χ2n) is 5.45. The summed E-state index contributed by atoms with van der Waals surface area (Å²) in [6, 6.07) is 10.2. The second-order valence-corrected chi connectivity index (χ2v) is 5.45. The number of rotatable bonds is 2. The lowest BCUT2D eigenvalue weighted by Crippen LogP contribution is -2.59. The van der Waals surface area contributed by atoms with Gasteiger partial charge in [-0.25, -0.2) is 0 Å². The van der Waals surface area contributed by atoms with Gasteiger partial charge in [-0.2, -0.15) is 0 Å². The van der Waals surface area contributed by atoms with Gasteiger partial charge in [0.25, 0.3) is 0 Å². The number of carbonyl (C=O) groups is 1. The maximum atomic E-state index is 12.5. The van der Waals surface area contributed by atoms with E-state index in [1.165, 1.54) is 0 Å². The topological polar surface area (TPSA) is 55.6 Å². The lowest BCUT2D eigenvalue weighted by Gasteiger charge is -2.41. The van der Waals surface area contributed by atoms with Gasteiger partial charge in [-0.05, 0) is 18.4 Å². The lowest BCUT2D eigenvalue weighted by atomic mass is 9.87. The van der Waals surface area contributed by atoms with E-state index in [1.807, 2.05) is 35.2 Å². The van der Waals surface area contributed by atoms with E-state index in [-0.39, 0.29) is 24.0 Å². The highest BCUT2D eigenvalue weighted by Crippen LogP contribution is 2.35. The maximum absolute atomic E-state index is 12.5. The average molecular weight is 260 g/mol. The van der Waals surface area contributed by atoms with Gasteiger partial charge in [-0.15, -0.1) is 0 Å². The number of nitrogens with two attached hydrogens (primary N) is 1. The monoisotopic (exact) mass is 260 g/mol. The van der Waals surface area contributed by atoms with Gasteiger partial charge < -0.3 is 15.4 Å². The molecule has 4 heteroatoms. The predicted octanol–water partition coefficient (Wildman–Crippen LogP) is 1.32. The Hall–Kier alpha value is -1.39. The molecule has 2 saturated heterocycles. The zero-order valence-electron chi connectivity index (χ0n) is 11.0. The summed E-state index contributed by atoms with van der Waals surface area (Å²) in [7, 11) is 0. The largest absolute Gasteiger partial charge is 0.373 e. The zero-order chi connectivity index (χ0) is 13.2. The van der Waals surface area contributed by atoms with Crippen LogP contribution in [0.1, 0.15) is 24.5 Å². The number of hydrogen-bond donors (Lipinski definition) is 1. The Morgan fingerprint density at radius 1 is 1.26 bits per heavy atom. The molecule has 19 heavy (non-hydrogen) atoms. The number of likely N-dealkylation sites (tertiary alicyclic amines) is 1. The molecule has 2 N–H and O–H groups in total. The number of ether oxygens (including phenoxy) is 1. The SMILES string of the molecule is NC1CN(C(=O)C2CCCOC2c2ccccc2)C1. The predicted molar refractivity (Wildman–Crippen MR) is 72.4 cm³/mol. The molecule has 0 aromatic heterocycles. The first-order valence-electron chi connectivity index (χ1n) is 6.96. The molecule has 0 bridgehead atoms. The van der Waals surface area contributed by atoms with Crippen molar-refractivity contribution < 1.29 is 9.53 Å². The fourth-order valence-electron chi connectivity index (χ4n) is 2.93. The highest BCUT2D eigenvalue weighted by molar-refractivity contribution is 5.80. The van der Waals surface area contributed by atoms with Gasteiger partial charge >= 0.3 is 0 Å². The van der Waals surface area contributed by atoms with Crippen LogP contribution in [0.5, 0.6) is 0 Å². The summed E-state index contributed by atoms with van der Waals surface area (Å²) in [5.41, 5.74) is 6.86. The summed E-state index contributed by atoms with van der Waals surface area (Å²) >= 11 is 0. The van der Waals surface area contributed by atoms with E-state index in [4.69, 9.17) is 10.5 Å². The first-order valence-corrected chi connectivity index (χ1v) is 6.96. The Morgan fingerprint density at radius 3 is 2.68 bits per heavy atom. The average Bonchev–Trinajstić information content (AvgIpc) is 2.44. The molecule has 0 spiro atoms. The molecular weight excluding hydrogens is 240 g/mol. The molecule has 0 aliphatic carbocycles. The van der Waals surface area contributed by atoms with E-state index >= 15 is 0 Å². The van der Waals surface area contributed by atoms with Gasteiger partial charge in [0.2, 0.25) is 5.91 Å². The van der Waals surface area contributed by atoms with Crippen LogP contribution in [-0.2, 0) is 9.53 Å². The molecule has 3 rings (SSSR count). The van der Waals surface area contributed by atoms with Gasteiger partial charge in [0.1, 0.15) is 0 Å². The molecule has 2 atom stereocenters. The summed E-state index contributed by atoms with van der Waals surface area (Å²) in [5, 5.41) is 0. The lowest BCUT2D eigenvalue weighted by molar-refractivity contribution is -0.149. The number of nitrogens with zero attached hydrogens (tertiary/aromatic N) is 1. The third kappa shape index (κ3) is 2.51. The summed E-state index contributed by atoms with van der Waals surface area (Å²) < 4.78 is 5.86. The number of benzene rings is 1.